The third-order valence-corrected chi connectivity index (χ3v) is 4.96. The van der Waals surface area contributed by atoms with Crippen molar-refractivity contribution < 1.29 is 8.42 Å². The maximum absolute atomic E-state index is 12.6. The molecule has 0 radical (unpaired) electrons. The normalized spacial score (nSPS) is 11.2. The first-order valence-electron chi connectivity index (χ1n) is 7.27. The minimum atomic E-state index is -3.60. The Kier molecular flexibility index (Phi) is 8.08. The Morgan fingerprint density at radius 2 is 1.91 bits per heavy atom. The van der Waals surface area contributed by atoms with Crippen LogP contribution >= 0.6 is 11.6 Å². The summed E-state index contributed by atoms with van der Waals surface area (Å²) in [5, 5.41) is 0. The molecule has 5 heteroatoms. The number of aryl methyl sites for hydroxylation is 1. The van der Waals surface area contributed by atoms with E-state index in [0.717, 1.165) is 18.4 Å². The highest BCUT2D eigenvalue weighted by atomic mass is 35.5. The van der Waals surface area contributed by atoms with Crippen LogP contribution in [-0.4, -0.2) is 25.1 Å². The maximum Gasteiger partial charge on any atom is 0.271 e. The number of hydrogen-bond donors (Lipinski definition) is 0. The molecule has 0 spiro atoms. The summed E-state index contributed by atoms with van der Waals surface area (Å²) in [6.45, 7) is 4.02. The molecule has 0 unspecified atom stereocenters. The molecule has 1 aromatic rings. The summed E-state index contributed by atoms with van der Waals surface area (Å²) in [6, 6.07) is 9.57. The summed E-state index contributed by atoms with van der Waals surface area (Å²) < 4.78 is 26.5. The van der Waals surface area contributed by atoms with E-state index < -0.39 is 10.0 Å². The molecule has 0 saturated carbocycles. The van der Waals surface area contributed by atoms with Crippen LogP contribution in [0.4, 0.5) is 0 Å². The van der Waals surface area contributed by atoms with Gasteiger partial charge in [0.05, 0.1) is 11.4 Å². The Bertz CT molecular complexity index is 639. The molecule has 3 nitrogen and oxygen atoms in total. The molecule has 1 rings (SSSR count). The van der Waals surface area contributed by atoms with Gasteiger partial charge >= 0.3 is 0 Å². The number of benzene rings is 1. The molecule has 0 saturated heterocycles. The summed E-state index contributed by atoms with van der Waals surface area (Å²) in [4.78, 5) is 0.262. The van der Waals surface area contributed by atoms with Crippen LogP contribution in [0.5, 0.6) is 0 Å². The van der Waals surface area contributed by atoms with Crippen LogP contribution in [0, 0.1) is 18.9 Å². The zero-order valence-corrected chi connectivity index (χ0v) is 14.6. The predicted octanol–water partition coefficient (Wildman–Crippen LogP) is 3.93. The second kappa shape index (κ2) is 9.55. The van der Waals surface area contributed by atoms with E-state index in [-0.39, 0.29) is 11.4 Å². The SMILES string of the molecule is CC=CCN(C#CCCCCCl)S(=O)(=O)c1ccc(C)cc1. The quantitative estimate of drug-likeness (QED) is 0.248. The molecule has 0 N–H and O–H groups in total. The number of alkyl halides is 1. The number of sulfonamides is 1. The molecule has 0 fully saturated rings. The van der Waals surface area contributed by atoms with E-state index >= 15 is 0 Å². The second-order valence-electron chi connectivity index (χ2n) is 4.85. The summed E-state index contributed by atoms with van der Waals surface area (Å²) >= 11 is 5.61. The van der Waals surface area contributed by atoms with Crippen LogP contribution in [0.25, 0.3) is 0 Å². The van der Waals surface area contributed by atoms with Gasteiger partial charge in [0.15, 0.2) is 0 Å². The fourth-order valence-corrected chi connectivity index (χ4v) is 3.08. The lowest BCUT2D eigenvalue weighted by atomic mass is 10.2. The molecule has 0 atom stereocenters. The largest absolute Gasteiger partial charge is 0.271 e. The average molecular weight is 340 g/mol. The van der Waals surface area contributed by atoms with Crippen LogP contribution in [0.2, 0.25) is 0 Å². The highest BCUT2D eigenvalue weighted by Gasteiger charge is 2.20. The standard InChI is InChI=1S/C17H22ClNO2S/c1-3-4-14-19(15-8-6-5-7-13-18)22(20,21)17-11-9-16(2)10-12-17/h3-4,9-12H,5-7,13-14H2,1-2H3. The van der Waals surface area contributed by atoms with Crippen molar-refractivity contribution in [2.75, 3.05) is 12.4 Å². The molecule has 120 valence electrons. The lowest BCUT2D eigenvalue weighted by Gasteiger charge is -2.16. The number of rotatable bonds is 7. The molecule has 0 bridgehead atoms. The van der Waals surface area contributed by atoms with Gasteiger partial charge in [-0.2, -0.15) is 0 Å². The summed E-state index contributed by atoms with van der Waals surface area (Å²) in [5.41, 5.74) is 1.02. The lowest BCUT2D eigenvalue weighted by molar-refractivity contribution is 0.532. The van der Waals surface area contributed by atoms with Gasteiger partial charge in [0, 0.05) is 18.3 Å². The average Bonchev–Trinajstić information content (AvgIpc) is 2.50. The van der Waals surface area contributed by atoms with E-state index in [1.165, 1.54) is 4.31 Å². The van der Waals surface area contributed by atoms with Crippen molar-refractivity contribution in [3.8, 4) is 12.0 Å². The molecular formula is C17H22ClNO2S. The van der Waals surface area contributed by atoms with Crippen molar-refractivity contribution in [3.63, 3.8) is 0 Å². The molecule has 0 amide bonds. The van der Waals surface area contributed by atoms with Gasteiger partial charge in [-0.05, 0) is 38.8 Å². The fraction of sp³-hybridized carbons (Fsp3) is 0.412. The smallest absolute Gasteiger partial charge is 0.221 e. The van der Waals surface area contributed by atoms with E-state index in [0.29, 0.717) is 12.3 Å². The van der Waals surface area contributed by atoms with Crippen molar-refractivity contribution in [1.82, 2.24) is 4.31 Å². The first-order valence-corrected chi connectivity index (χ1v) is 9.25. The molecule has 1 aromatic carbocycles. The van der Waals surface area contributed by atoms with Gasteiger partial charge in [-0.15, -0.1) is 11.6 Å². The minimum absolute atomic E-state index is 0.245. The van der Waals surface area contributed by atoms with Gasteiger partial charge < -0.3 is 0 Å². The first-order chi connectivity index (χ1) is 10.5. The fourth-order valence-electron chi connectivity index (χ4n) is 1.69. The Balaban J connectivity index is 2.96. The molecule has 0 aliphatic heterocycles. The molecule has 0 aliphatic rings. The van der Waals surface area contributed by atoms with Crippen molar-refractivity contribution in [2.24, 2.45) is 0 Å². The molecule has 0 aliphatic carbocycles. The summed E-state index contributed by atoms with van der Waals surface area (Å²) in [7, 11) is -3.60. The maximum atomic E-state index is 12.6. The Hall–Kier alpha value is -1.44. The molecule has 0 aromatic heterocycles. The van der Waals surface area contributed by atoms with E-state index in [1.54, 1.807) is 30.3 Å². The van der Waals surface area contributed by atoms with E-state index in [4.69, 9.17) is 11.6 Å². The van der Waals surface area contributed by atoms with E-state index in [9.17, 15) is 8.42 Å². The van der Waals surface area contributed by atoms with Gasteiger partial charge in [0.1, 0.15) is 0 Å². The highest BCUT2D eigenvalue weighted by Crippen LogP contribution is 2.15. The Labute approximate surface area is 139 Å². The van der Waals surface area contributed by atoms with Crippen LogP contribution < -0.4 is 0 Å². The van der Waals surface area contributed by atoms with Crippen LogP contribution in [-0.2, 0) is 10.0 Å². The Morgan fingerprint density at radius 1 is 1.23 bits per heavy atom. The first kappa shape index (κ1) is 18.6. The second-order valence-corrected chi connectivity index (χ2v) is 7.09. The third-order valence-electron chi connectivity index (χ3n) is 3.01. The van der Waals surface area contributed by atoms with Crippen LogP contribution in [0.15, 0.2) is 41.3 Å². The minimum Gasteiger partial charge on any atom is -0.221 e. The molecule has 0 heterocycles. The van der Waals surface area contributed by atoms with Gasteiger partial charge in [-0.25, -0.2) is 12.7 Å². The Morgan fingerprint density at radius 3 is 2.50 bits per heavy atom. The van der Waals surface area contributed by atoms with Crippen LogP contribution in [0.1, 0.15) is 31.7 Å². The number of nitrogens with zero attached hydrogens (tertiary/aromatic N) is 1. The zero-order valence-electron chi connectivity index (χ0n) is 13.0. The van der Waals surface area contributed by atoms with E-state index in [1.807, 2.05) is 19.9 Å². The van der Waals surface area contributed by atoms with Crippen LogP contribution in [0.3, 0.4) is 0 Å². The summed E-state index contributed by atoms with van der Waals surface area (Å²) in [5.74, 6) is 3.52. The predicted molar refractivity (Wildman–Crippen MR) is 92.2 cm³/mol. The number of allylic oxidation sites excluding steroid dienone is 1. The van der Waals surface area contributed by atoms with Crippen molar-refractivity contribution in [1.29, 1.82) is 0 Å². The third kappa shape index (κ3) is 5.75. The molecular weight excluding hydrogens is 318 g/mol. The van der Waals surface area contributed by atoms with Crippen molar-refractivity contribution in [2.45, 2.75) is 38.0 Å². The monoisotopic (exact) mass is 339 g/mol. The number of unbranched alkanes of at least 4 members (excludes halogenated alkanes) is 2. The van der Waals surface area contributed by atoms with Crippen molar-refractivity contribution in [3.05, 3.63) is 42.0 Å². The van der Waals surface area contributed by atoms with E-state index in [2.05, 4.69) is 12.0 Å². The molecule has 22 heavy (non-hydrogen) atoms. The van der Waals surface area contributed by atoms with Gasteiger partial charge in [0.2, 0.25) is 0 Å². The van der Waals surface area contributed by atoms with Gasteiger partial charge in [-0.3, -0.25) is 0 Å². The topological polar surface area (TPSA) is 37.4 Å². The zero-order chi connectivity index (χ0) is 16.4. The number of halogens is 1. The van der Waals surface area contributed by atoms with Gasteiger partial charge in [-0.1, -0.05) is 35.8 Å². The lowest BCUT2D eigenvalue weighted by Crippen LogP contribution is -2.26. The highest BCUT2D eigenvalue weighted by molar-refractivity contribution is 7.89. The van der Waals surface area contributed by atoms with Crippen molar-refractivity contribution >= 4 is 21.6 Å². The number of hydrogen-bond acceptors (Lipinski definition) is 2. The van der Waals surface area contributed by atoms with Gasteiger partial charge in [0.25, 0.3) is 10.0 Å². The summed E-state index contributed by atoms with van der Waals surface area (Å²) in [6.07, 6.45) is 5.99.